The number of anilines is 1. The first-order chi connectivity index (χ1) is 11.7. The van der Waals surface area contributed by atoms with Crippen LogP contribution in [0.3, 0.4) is 0 Å². The maximum Gasteiger partial charge on any atom is 0.265 e. The van der Waals surface area contributed by atoms with Crippen LogP contribution in [-0.2, 0) is 4.79 Å². The Labute approximate surface area is 145 Å². The summed E-state index contributed by atoms with van der Waals surface area (Å²) in [6.45, 7) is 1.88. The zero-order valence-electron chi connectivity index (χ0n) is 13.5. The lowest BCUT2D eigenvalue weighted by molar-refractivity contribution is -0.122. The van der Waals surface area contributed by atoms with Gasteiger partial charge in [0.2, 0.25) is 0 Å². The molecule has 0 aromatic heterocycles. The van der Waals surface area contributed by atoms with Gasteiger partial charge >= 0.3 is 0 Å². The van der Waals surface area contributed by atoms with Crippen molar-refractivity contribution in [2.24, 2.45) is 0 Å². The first-order valence-electron chi connectivity index (χ1n) is 7.44. The van der Waals surface area contributed by atoms with E-state index in [2.05, 4.69) is 5.32 Å². The Balaban J connectivity index is 2.04. The van der Waals surface area contributed by atoms with E-state index >= 15 is 0 Å². The number of carbonyl (C=O) groups excluding carboxylic acids is 1. The molecule has 0 saturated carbocycles. The molecule has 0 aliphatic rings. The number of nitrogens with zero attached hydrogens (tertiary/aromatic N) is 1. The normalized spacial score (nSPS) is 11.2. The van der Waals surface area contributed by atoms with Gasteiger partial charge < -0.3 is 14.8 Å². The fourth-order valence-electron chi connectivity index (χ4n) is 2.07. The number of thiocyanates is 1. The first kappa shape index (κ1) is 17.7. The van der Waals surface area contributed by atoms with Crippen molar-refractivity contribution in [1.82, 2.24) is 0 Å². The fraction of sp³-hybridized carbons (Fsp3) is 0.222. The Kier molecular flexibility index (Phi) is 6.52. The molecule has 0 heterocycles. The molecule has 0 fully saturated rings. The van der Waals surface area contributed by atoms with E-state index in [4.69, 9.17) is 14.7 Å². The van der Waals surface area contributed by atoms with Crippen LogP contribution in [0, 0.1) is 10.7 Å². The number of hydrogen-bond donors (Lipinski definition) is 1. The highest BCUT2D eigenvalue weighted by Crippen LogP contribution is 2.27. The van der Waals surface area contributed by atoms with E-state index in [0.717, 1.165) is 16.7 Å². The SMILES string of the molecule is CCC(Oc1ccccc1OC)C(=O)Nc1ccc(SC#N)cc1. The Morgan fingerprint density at radius 2 is 1.88 bits per heavy atom. The summed E-state index contributed by atoms with van der Waals surface area (Å²) >= 11 is 1.07. The third kappa shape index (κ3) is 4.67. The van der Waals surface area contributed by atoms with Gasteiger partial charge in [0.1, 0.15) is 5.40 Å². The van der Waals surface area contributed by atoms with Crippen LogP contribution in [0.15, 0.2) is 53.4 Å². The van der Waals surface area contributed by atoms with Crippen LogP contribution in [0.25, 0.3) is 0 Å². The highest BCUT2D eigenvalue weighted by molar-refractivity contribution is 8.03. The molecule has 0 aliphatic carbocycles. The van der Waals surface area contributed by atoms with E-state index in [1.165, 1.54) is 0 Å². The van der Waals surface area contributed by atoms with Crippen molar-refractivity contribution in [3.05, 3.63) is 48.5 Å². The summed E-state index contributed by atoms with van der Waals surface area (Å²) in [5, 5.41) is 13.5. The standard InChI is InChI=1S/C18H18N2O3S/c1-3-15(23-17-7-5-4-6-16(17)22-2)18(21)20-13-8-10-14(11-9-13)24-12-19/h4-11,15H,3H2,1-2H3,(H,20,21). The number of rotatable bonds is 7. The van der Waals surface area contributed by atoms with Gasteiger partial charge in [-0.15, -0.1) is 0 Å². The number of hydrogen-bond acceptors (Lipinski definition) is 5. The van der Waals surface area contributed by atoms with E-state index in [-0.39, 0.29) is 5.91 Å². The molecule has 2 aromatic carbocycles. The van der Waals surface area contributed by atoms with Crippen molar-refractivity contribution in [2.75, 3.05) is 12.4 Å². The number of para-hydroxylation sites is 2. The molecule has 1 N–H and O–H groups in total. The number of benzene rings is 2. The molecule has 0 aliphatic heterocycles. The van der Waals surface area contributed by atoms with E-state index < -0.39 is 6.10 Å². The monoisotopic (exact) mass is 342 g/mol. The number of ether oxygens (including phenoxy) is 2. The Bertz CT molecular complexity index is 726. The van der Waals surface area contributed by atoms with Crippen molar-refractivity contribution in [2.45, 2.75) is 24.3 Å². The third-order valence-corrected chi connectivity index (χ3v) is 3.89. The lowest BCUT2D eigenvalue weighted by atomic mass is 10.2. The summed E-state index contributed by atoms with van der Waals surface area (Å²) in [5.74, 6) is 0.883. The predicted molar refractivity (Wildman–Crippen MR) is 94.2 cm³/mol. The molecule has 124 valence electrons. The van der Waals surface area contributed by atoms with Crippen molar-refractivity contribution in [1.29, 1.82) is 5.26 Å². The molecule has 0 saturated heterocycles. The van der Waals surface area contributed by atoms with Crippen LogP contribution in [-0.4, -0.2) is 19.1 Å². The van der Waals surface area contributed by atoms with E-state index in [9.17, 15) is 4.79 Å². The number of carbonyl (C=O) groups is 1. The van der Waals surface area contributed by atoms with Gasteiger partial charge in [0.25, 0.3) is 5.91 Å². The minimum Gasteiger partial charge on any atom is -0.493 e. The maximum atomic E-state index is 12.4. The number of nitriles is 1. The van der Waals surface area contributed by atoms with Gasteiger partial charge in [0.05, 0.1) is 7.11 Å². The quantitative estimate of drug-likeness (QED) is 0.607. The second kappa shape index (κ2) is 8.85. The molecule has 6 heteroatoms. The van der Waals surface area contributed by atoms with Crippen LogP contribution in [0.1, 0.15) is 13.3 Å². The molecular formula is C18H18N2O3S. The lowest BCUT2D eigenvalue weighted by Gasteiger charge is -2.18. The van der Waals surface area contributed by atoms with Gasteiger partial charge in [-0.2, -0.15) is 5.26 Å². The van der Waals surface area contributed by atoms with Gasteiger partial charge in [-0.05, 0) is 54.6 Å². The lowest BCUT2D eigenvalue weighted by Crippen LogP contribution is -2.32. The summed E-state index contributed by atoms with van der Waals surface area (Å²) in [7, 11) is 1.56. The number of nitrogens with one attached hydrogen (secondary N) is 1. The van der Waals surface area contributed by atoms with E-state index in [1.807, 2.05) is 24.5 Å². The highest BCUT2D eigenvalue weighted by atomic mass is 32.2. The third-order valence-electron chi connectivity index (χ3n) is 3.29. The second-order valence-corrected chi connectivity index (χ2v) is 5.73. The zero-order chi connectivity index (χ0) is 17.4. The molecule has 2 rings (SSSR count). The van der Waals surface area contributed by atoms with Gasteiger partial charge in [0.15, 0.2) is 17.6 Å². The first-order valence-corrected chi connectivity index (χ1v) is 8.26. The predicted octanol–water partition coefficient (Wildman–Crippen LogP) is 4.06. The summed E-state index contributed by atoms with van der Waals surface area (Å²) in [5.41, 5.74) is 0.657. The molecule has 1 atom stereocenters. The molecular weight excluding hydrogens is 324 g/mol. The van der Waals surface area contributed by atoms with Gasteiger partial charge in [-0.25, -0.2) is 0 Å². The number of amides is 1. The van der Waals surface area contributed by atoms with Crippen molar-refractivity contribution >= 4 is 23.4 Å². The van der Waals surface area contributed by atoms with Gasteiger partial charge in [0, 0.05) is 10.6 Å². The molecule has 2 aromatic rings. The van der Waals surface area contributed by atoms with Crippen molar-refractivity contribution < 1.29 is 14.3 Å². The van der Waals surface area contributed by atoms with Gasteiger partial charge in [-0.3, -0.25) is 4.79 Å². The zero-order valence-corrected chi connectivity index (χ0v) is 14.3. The molecule has 0 radical (unpaired) electrons. The van der Waals surface area contributed by atoms with Crippen LogP contribution < -0.4 is 14.8 Å². The summed E-state index contributed by atoms with van der Waals surface area (Å²) in [6, 6.07) is 14.3. The topological polar surface area (TPSA) is 71.3 Å². The number of thioether (sulfide) groups is 1. The molecule has 0 bridgehead atoms. The van der Waals surface area contributed by atoms with Crippen LogP contribution >= 0.6 is 11.8 Å². The molecule has 0 spiro atoms. The molecule has 5 nitrogen and oxygen atoms in total. The Morgan fingerprint density at radius 3 is 2.46 bits per heavy atom. The van der Waals surface area contributed by atoms with Crippen LogP contribution in [0.4, 0.5) is 5.69 Å². The fourth-order valence-corrected chi connectivity index (χ4v) is 2.45. The van der Waals surface area contributed by atoms with Crippen molar-refractivity contribution in [3.8, 4) is 16.9 Å². The van der Waals surface area contributed by atoms with Crippen LogP contribution in [0.5, 0.6) is 11.5 Å². The minimum absolute atomic E-state index is 0.232. The van der Waals surface area contributed by atoms with Gasteiger partial charge in [-0.1, -0.05) is 19.1 Å². The average Bonchev–Trinajstić information content (AvgIpc) is 2.61. The summed E-state index contributed by atoms with van der Waals surface area (Å²) < 4.78 is 11.0. The maximum absolute atomic E-state index is 12.4. The Morgan fingerprint density at radius 1 is 1.21 bits per heavy atom. The summed E-state index contributed by atoms with van der Waals surface area (Å²) in [6.07, 6.45) is -0.110. The Hall–Kier alpha value is -2.65. The van der Waals surface area contributed by atoms with Crippen LogP contribution in [0.2, 0.25) is 0 Å². The van der Waals surface area contributed by atoms with Crippen molar-refractivity contribution in [3.63, 3.8) is 0 Å². The average molecular weight is 342 g/mol. The molecule has 1 amide bonds. The van der Waals surface area contributed by atoms with E-state index in [1.54, 1.807) is 43.5 Å². The molecule has 24 heavy (non-hydrogen) atoms. The largest absolute Gasteiger partial charge is 0.493 e. The second-order valence-electron chi connectivity index (χ2n) is 4.87. The summed E-state index contributed by atoms with van der Waals surface area (Å²) in [4.78, 5) is 13.3. The number of methoxy groups -OCH3 is 1. The van der Waals surface area contributed by atoms with E-state index in [0.29, 0.717) is 23.6 Å². The molecule has 1 unspecified atom stereocenters. The highest BCUT2D eigenvalue weighted by Gasteiger charge is 2.20. The smallest absolute Gasteiger partial charge is 0.265 e. The minimum atomic E-state index is -0.630.